The Kier molecular flexibility index (Phi) is 7.45. The van der Waals surface area contributed by atoms with Crippen LogP contribution in [0.25, 0.3) is 24.3 Å². The number of benzene rings is 1. The van der Waals surface area contributed by atoms with Crippen molar-refractivity contribution in [3.63, 3.8) is 0 Å². The molecule has 0 saturated heterocycles. The van der Waals surface area contributed by atoms with E-state index in [0.29, 0.717) is 0 Å². The molecular weight excluding hydrogens is 440 g/mol. The van der Waals surface area contributed by atoms with Crippen LogP contribution in [-0.2, 0) is 13.1 Å². The molecule has 174 valence electrons. The van der Waals surface area contributed by atoms with E-state index in [-0.39, 0.29) is 0 Å². The summed E-state index contributed by atoms with van der Waals surface area (Å²) in [7, 11) is 0. The first-order chi connectivity index (χ1) is 17.8. The minimum atomic E-state index is 0.848. The van der Waals surface area contributed by atoms with Gasteiger partial charge in [-0.25, -0.2) is 9.13 Å². The third-order valence-corrected chi connectivity index (χ3v) is 5.94. The summed E-state index contributed by atoms with van der Waals surface area (Å²) in [6, 6.07) is 25.4. The number of hydrogen-bond donors (Lipinski definition) is 0. The van der Waals surface area contributed by atoms with Crippen LogP contribution in [0.2, 0.25) is 0 Å². The maximum Gasteiger partial charge on any atom is 0.173 e. The summed E-state index contributed by atoms with van der Waals surface area (Å²) < 4.78 is 4.40. The van der Waals surface area contributed by atoms with Crippen LogP contribution in [0.4, 0.5) is 0 Å². The third kappa shape index (κ3) is 6.67. The van der Waals surface area contributed by atoms with Crippen LogP contribution >= 0.6 is 0 Å². The van der Waals surface area contributed by atoms with Crippen LogP contribution < -0.4 is 9.13 Å². The summed E-state index contributed by atoms with van der Waals surface area (Å²) in [6.45, 7) is 1.70. The molecule has 4 aromatic heterocycles. The van der Waals surface area contributed by atoms with E-state index in [9.17, 15) is 0 Å². The first kappa shape index (κ1) is 23.1. The number of rotatable bonds is 8. The molecule has 1 aromatic carbocycles. The maximum absolute atomic E-state index is 4.05. The molecule has 0 radical (unpaired) electrons. The molecule has 5 rings (SSSR count). The fourth-order valence-corrected chi connectivity index (χ4v) is 3.88. The lowest BCUT2D eigenvalue weighted by Gasteiger charge is -2.02. The minimum absolute atomic E-state index is 0.848. The predicted molar refractivity (Wildman–Crippen MR) is 144 cm³/mol. The summed E-state index contributed by atoms with van der Waals surface area (Å²) in [5.41, 5.74) is 7.21. The van der Waals surface area contributed by atoms with E-state index in [4.69, 9.17) is 0 Å². The fourth-order valence-electron chi connectivity index (χ4n) is 3.88. The second-order valence-electron chi connectivity index (χ2n) is 8.65. The van der Waals surface area contributed by atoms with Gasteiger partial charge in [-0.15, -0.1) is 0 Å². The van der Waals surface area contributed by atoms with Crippen LogP contribution in [-0.4, -0.2) is 9.97 Å². The zero-order valence-electron chi connectivity index (χ0n) is 20.1. The van der Waals surface area contributed by atoms with Gasteiger partial charge in [0.05, 0.1) is 0 Å². The molecule has 4 nitrogen and oxygen atoms in total. The molecule has 4 heterocycles. The lowest BCUT2D eigenvalue weighted by Crippen LogP contribution is -2.34. The Balaban J connectivity index is 1.15. The van der Waals surface area contributed by atoms with Gasteiger partial charge in [0.2, 0.25) is 0 Å². The Morgan fingerprint density at radius 3 is 1.06 bits per heavy atom. The van der Waals surface area contributed by atoms with E-state index in [0.717, 1.165) is 24.2 Å². The van der Waals surface area contributed by atoms with E-state index < -0.39 is 0 Å². The molecule has 0 bridgehead atoms. The molecule has 0 atom stereocenters. The fraction of sp³-hybridized carbons (Fsp3) is 0.0625. The molecule has 36 heavy (non-hydrogen) atoms. The van der Waals surface area contributed by atoms with Gasteiger partial charge in [0, 0.05) is 60.2 Å². The Hall–Kier alpha value is -4.70. The van der Waals surface area contributed by atoms with Gasteiger partial charge in [0.1, 0.15) is 0 Å². The van der Waals surface area contributed by atoms with Crippen LogP contribution in [0.5, 0.6) is 0 Å². The van der Waals surface area contributed by atoms with Crippen LogP contribution in [0.3, 0.4) is 0 Å². The third-order valence-electron chi connectivity index (χ3n) is 5.94. The normalized spacial score (nSPS) is 11.3. The SMILES string of the molecule is C(=C\c1cc[n+](Cc2ccc(C[n+]3ccc(/C=C/c4ccncc4)cc3)cc2)cc1)/c1ccncc1. The van der Waals surface area contributed by atoms with Crippen LogP contribution in [0.1, 0.15) is 33.4 Å². The highest BCUT2D eigenvalue weighted by Crippen LogP contribution is 2.08. The van der Waals surface area contributed by atoms with Crippen molar-refractivity contribution in [3.8, 4) is 0 Å². The van der Waals surface area contributed by atoms with E-state index in [1.165, 1.54) is 22.3 Å². The largest absolute Gasteiger partial charge is 0.265 e. The molecule has 0 unspecified atom stereocenters. The standard InChI is InChI=1S/C32H28N4/c1(27-9-17-33-18-10-27)3-29-13-21-35(22-14-29)25-31-5-7-32(8-6-31)26-36-23-15-30(16-24-36)4-2-28-11-19-34-20-12-28/h1-24H,25-26H2/q+2/b3-1+,4-2+. The smallest absolute Gasteiger partial charge is 0.173 e. The van der Waals surface area contributed by atoms with Gasteiger partial charge in [-0.3, -0.25) is 9.97 Å². The van der Waals surface area contributed by atoms with E-state index in [1.54, 1.807) is 0 Å². The van der Waals surface area contributed by atoms with Crippen molar-refractivity contribution in [1.82, 2.24) is 9.97 Å². The van der Waals surface area contributed by atoms with Crippen molar-refractivity contribution in [2.24, 2.45) is 0 Å². The molecule has 0 spiro atoms. The molecular formula is C32H28N4+2. The summed E-state index contributed by atoms with van der Waals surface area (Å²) in [6.07, 6.45) is 24.2. The van der Waals surface area contributed by atoms with Crippen molar-refractivity contribution in [3.05, 3.63) is 156 Å². The second-order valence-corrected chi connectivity index (χ2v) is 8.65. The highest BCUT2D eigenvalue weighted by atomic mass is 14.9. The van der Waals surface area contributed by atoms with Gasteiger partial charge in [0.25, 0.3) is 0 Å². The monoisotopic (exact) mass is 468 g/mol. The zero-order chi connectivity index (χ0) is 24.4. The van der Waals surface area contributed by atoms with Crippen LogP contribution in [0.15, 0.2) is 122 Å². The Morgan fingerprint density at radius 2 is 0.722 bits per heavy atom. The first-order valence-electron chi connectivity index (χ1n) is 12.0. The number of nitrogens with zero attached hydrogens (tertiary/aromatic N) is 4. The zero-order valence-corrected chi connectivity index (χ0v) is 20.1. The molecule has 5 aromatic rings. The van der Waals surface area contributed by atoms with Crippen molar-refractivity contribution >= 4 is 24.3 Å². The Morgan fingerprint density at radius 1 is 0.417 bits per heavy atom. The van der Waals surface area contributed by atoms with Gasteiger partial charge in [0.15, 0.2) is 37.9 Å². The van der Waals surface area contributed by atoms with E-state index >= 15 is 0 Å². The van der Waals surface area contributed by atoms with Gasteiger partial charge in [-0.05, 0) is 46.5 Å². The van der Waals surface area contributed by atoms with Gasteiger partial charge < -0.3 is 0 Å². The highest BCUT2D eigenvalue weighted by Gasteiger charge is 2.06. The van der Waals surface area contributed by atoms with Crippen molar-refractivity contribution in [2.75, 3.05) is 0 Å². The summed E-state index contributed by atoms with van der Waals surface area (Å²) in [5.74, 6) is 0. The molecule has 0 aliphatic carbocycles. The predicted octanol–water partition coefficient (Wildman–Crippen LogP) is 5.49. The second kappa shape index (κ2) is 11.6. The summed E-state index contributed by atoms with van der Waals surface area (Å²) in [4.78, 5) is 8.11. The molecule has 0 fully saturated rings. The molecule has 0 aliphatic rings. The summed E-state index contributed by atoms with van der Waals surface area (Å²) >= 11 is 0. The topological polar surface area (TPSA) is 33.5 Å². The lowest BCUT2D eigenvalue weighted by atomic mass is 10.1. The highest BCUT2D eigenvalue weighted by molar-refractivity contribution is 5.69. The van der Waals surface area contributed by atoms with E-state index in [1.807, 2.05) is 49.1 Å². The first-order valence-corrected chi connectivity index (χ1v) is 12.0. The quantitative estimate of drug-likeness (QED) is 0.282. The Bertz CT molecular complexity index is 1310. The number of aromatic nitrogens is 4. The molecule has 0 N–H and O–H groups in total. The van der Waals surface area contributed by atoms with E-state index in [2.05, 4.69) is 117 Å². The molecule has 0 amide bonds. The molecule has 0 aliphatic heterocycles. The summed E-state index contributed by atoms with van der Waals surface area (Å²) in [5, 5.41) is 0. The number of hydrogen-bond acceptors (Lipinski definition) is 2. The van der Waals surface area contributed by atoms with Crippen molar-refractivity contribution in [2.45, 2.75) is 13.1 Å². The average Bonchev–Trinajstić information content (AvgIpc) is 2.94. The maximum atomic E-state index is 4.05. The van der Waals surface area contributed by atoms with Gasteiger partial charge in [-0.2, -0.15) is 0 Å². The Labute approximate surface area is 212 Å². The molecule has 4 heteroatoms. The minimum Gasteiger partial charge on any atom is -0.265 e. The van der Waals surface area contributed by atoms with Crippen molar-refractivity contribution < 1.29 is 9.13 Å². The average molecular weight is 469 g/mol. The van der Waals surface area contributed by atoms with Gasteiger partial charge in [-0.1, -0.05) is 48.6 Å². The van der Waals surface area contributed by atoms with Crippen LogP contribution in [0, 0.1) is 0 Å². The molecule has 0 saturated carbocycles. The van der Waals surface area contributed by atoms with Gasteiger partial charge >= 0.3 is 0 Å². The number of pyridine rings is 4. The van der Waals surface area contributed by atoms with Crippen molar-refractivity contribution in [1.29, 1.82) is 0 Å². The lowest BCUT2D eigenvalue weighted by molar-refractivity contribution is -0.689.